The average molecular weight is 403 g/mol. The summed E-state index contributed by atoms with van der Waals surface area (Å²) in [4.78, 5) is 0. The Morgan fingerprint density at radius 2 is 0.862 bits per heavy atom. The molecule has 3 aliphatic rings. The molecular formula is C29H54. The molecule has 0 bridgehead atoms. The van der Waals surface area contributed by atoms with Gasteiger partial charge in [0.05, 0.1) is 0 Å². The van der Waals surface area contributed by atoms with Gasteiger partial charge in [0, 0.05) is 0 Å². The summed E-state index contributed by atoms with van der Waals surface area (Å²) in [5.41, 5.74) is 0.770. The zero-order valence-electron chi connectivity index (χ0n) is 20.4. The van der Waals surface area contributed by atoms with Crippen LogP contribution in [0.25, 0.3) is 0 Å². The molecule has 0 heteroatoms. The van der Waals surface area contributed by atoms with Crippen molar-refractivity contribution in [3.8, 4) is 0 Å². The maximum atomic E-state index is 2.35. The van der Waals surface area contributed by atoms with Crippen LogP contribution in [0.2, 0.25) is 0 Å². The minimum absolute atomic E-state index is 0.770. The third-order valence-electron chi connectivity index (χ3n) is 9.66. The number of rotatable bonds is 14. The number of hydrogen-bond donors (Lipinski definition) is 0. The van der Waals surface area contributed by atoms with Gasteiger partial charge in [-0.1, -0.05) is 117 Å². The van der Waals surface area contributed by atoms with Crippen molar-refractivity contribution in [3.05, 3.63) is 0 Å². The van der Waals surface area contributed by atoms with E-state index in [1.54, 1.807) is 77.0 Å². The third kappa shape index (κ3) is 6.04. The molecule has 0 saturated heterocycles. The molecule has 0 radical (unpaired) electrons. The number of fused-ring (bicyclic) bond motifs is 3. The molecule has 0 aromatic carbocycles. The van der Waals surface area contributed by atoms with Gasteiger partial charge >= 0.3 is 0 Å². The van der Waals surface area contributed by atoms with Crippen molar-refractivity contribution in [2.75, 3.05) is 0 Å². The summed E-state index contributed by atoms with van der Waals surface area (Å²) in [5, 5.41) is 0. The van der Waals surface area contributed by atoms with Gasteiger partial charge in [0.2, 0.25) is 0 Å². The zero-order valence-corrected chi connectivity index (χ0v) is 20.4. The lowest BCUT2D eigenvalue weighted by Crippen LogP contribution is -2.35. The highest BCUT2D eigenvalue weighted by Crippen LogP contribution is 2.66. The molecule has 0 aromatic rings. The van der Waals surface area contributed by atoms with Crippen LogP contribution in [0.4, 0.5) is 0 Å². The number of hydrogen-bond acceptors (Lipinski definition) is 0. The van der Waals surface area contributed by atoms with Gasteiger partial charge in [-0.15, -0.1) is 0 Å². The van der Waals surface area contributed by atoms with Crippen molar-refractivity contribution >= 4 is 0 Å². The summed E-state index contributed by atoms with van der Waals surface area (Å²) in [6.07, 6.45) is 33.6. The van der Waals surface area contributed by atoms with Crippen LogP contribution in [0, 0.1) is 29.1 Å². The molecule has 0 amide bonds. The smallest absolute Gasteiger partial charge is 0.0235 e. The lowest BCUT2D eigenvalue weighted by molar-refractivity contribution is 0.0518. The normalized spacial score (nSPS) is 30.8. The van der Waals surface area contributed by atoms with E-state index in [0.29, 0.717) is 0 Å². The van der Waals surface area contributed by atoms with Crippen molar-refractivity contribution in [2.45, 2.75) is 155 Å². The molecule has 0 nitrogen and oxygen atoms in total. The first-order valence-electron chi connectivity index (χ1n) is 14.3. The Balaban J connectivity index is 1.63. The monoisotopic (exact) mass is 402 g/mol. The van der Waals surface area contributed by atoms with Gasteiger partial charge in [-0.25, -0.2) is 0 Å². The Morgan fingerprint density at radius 1 is 0.483 bits per heavy atom. The van der Waals surface area contributed by atoms with Gasteiger partial charge in [-0.3, -0.25) is 0 Å². The van der Waals surface area contributed by atoms with Crippen molar-refractivity contribution < 1.29 is 0 Å². The predicted molar refractivity (Wildman–Crippen MR) is 129 cm³/mol. The Morgan fingerprint density at radius 3 is 1.31 bits per heavy atom. The molecule has 3 rings (SSSR count). The molecule has 4 unspecified atom stereocenters. The Hall–Kier alpha value is 0. The van der Waals surface area contributed by atoms with Crippen molar-refractivity contribution in [3.63, 3.8) is 0 Å². The quantitative estimate of drug-likeness (QED) is 0.253. The van der Waals surface area contributed by atoms with E-state index in [0.717, 1.165) is 29.1 Å². The molecule has 170 valence electrons. The van der Waals surface area contributed by atoms with E-state index in [1.807, 2.05) is 0 Å². The molecule has 4 atom stereocenters. The summed E-state index contributed by atoms with van der Waals surface area (Å²) in [7, 11) is 0. The van der Waals surface area contributed by atoms with E-state index in [9.17, 15) is 0 Å². The molecule has 29 heavy (non-hydrogen) atoms. The van der Waals surface area contributed by atoms with Crippen LogP contribution in [0.15, 0.2) is 0 Å². The molecule has 3 aliphatic carbocycles. The topological polar surface area (TPSA) is 0 Å². The Kier molecular flexibility index (Phi) is 10.4. The predicted octanol–water partition coefficient (Wildman–Crippen LogP) is 10.1. The molecule has 3 fully saturated rings. The zero-order chi connectivity index (χ0) is 20.4. The second-order valence-corrected chi connectivity index (χ2v) is 11.4. The summed E-state index contributed by atoms with van der Waals surface area (Å²) in [6.45, 7) is 4.70. The van der Waals surface area contributed by atoms with Crippen molar-refractivity contribution in [1.29, 1.82) is 0 Å². The molecule has 0 aliphatic heterocycles. The summed E-state index contributed by atoms with van der Waals surface area (Å²) >= 11 is 0. The van der Waals surface area contributed by atoms with Crippen LogP contribution in [-0.2, 0) is 0 Å². The highest BCUT2D eigenvalue weighted by molar-refractivity contribution is 5.07. The second-order valence-electron chi connectivity index (χ2n) is 11.4. The molecule has 0 spiro atoms. The van der Waals surface area contributed by atoms with Crippen LogP contribution in [0.1, 0.15) is 155 Å². The van der Waals surface area contributed by atoms with Crippen molar-refractivity contribution in [1.82, 2.24) is 0 Å². The second kappa shape index (κ2) is 12.8. The van der Waals surface area contributed by atoms with E-state index in [-0.39, 0.29) is 0 Å². The maximum absolute atomic E-state index is 2.35. The Bertz CT molecular complexity index is 384. The first-order valence-corrected chi connectivity index (χ1v) is 14.3. The van der Waals surface area contributed by atoms with Gasteiger partial charge in [0.25, 0.3) is 0 Å². The SMILES string of the molecule is CCCCCCCCC1(CCCCCCCC)C2CCCCC2C2CCCCC21. The van der Waals surface area contributed by atoms with Crippen LogP contribution < -0.4 is 0 Å². The molecular weight excluding hydrogens is 348 g/mol. The van der Waals surface area contributed by atoms with Gasteiger partial charge in [0.1, 0.15) is 0 Å². The van der Waals surface area contributed by atoms with Crippen molar-refractivity contribution in [2.24, 2.45) is 29.1 Å². The van der Waals surface area contributed by atoms with E-state index in [2.05, 4.69) is 13.8 Å². The van der Waals surface area contributed by atoms with Gasteiger partial charge < -0.3 is 0 Å². The summed E-state index contributed by atoms with van der Waals surface area (Å²) < 4.78 is 0. The first kappa shape index (κ1) is 23.7. The molecule has 3 saturated carbocycles. The molecule has 0 N–H and O–H groups in total. The highest BCUT2D eigenvalue weighted by atomic mass is 14.6. The van der Waals surface area contributed by atoms with E-state index < -0.39 is 0 Å². The Labute approximate surface area is 184 Å². The lowest BCUT2D eigenvalue weighted by Gasteiger charge is -2.44. The van der Waals surface area contributed by atoms with Crippen LogP contribution in [0.5, 0.6) is 0 Å². The van der Waals surface area contributed by atoms with Gasteiger partial charge in [0.15, 0.2) is 0 Å². The number of unbranched alkanes of at least 4 members (excludes halogenated alkanes) is 10. The maximum Gasteiger partial charge on any atom is -0.0235 e. The summed E-state index contributed by atoms with van der Waals surface area (Å²) in [6, 6.07) is 0. The fraction of sp³-hybridized carbons (Fsp3) is 1.00. The van der Waals surface area contributed by atoms with Crippen LogP contribution in [-0.4, -0.2) is 0 Å². The minimum atomic E-state index is 0.770. The van der Waals surface area contributed by atoms with Gasteiger partial charge in [-0.2, -0.15) is 0 Å². The van der Waals surface area contributed by atoms with Gasteiger partial charge in [-0.05, 0) is 67.6 Å². The largest absolute Gasteiger partial charge is 0.0654 e. The van der Waals surface area contributed by atoms with E-state index in [4.69, 9.17) is 0 Å². The lowest BCUT2D eigenvalue weighted by atomic mass is 9.60. The van der Waals surface area contributed by atoms with E-state index in [1.165, 1.54) is 64.2 Å². The average Bonchev–Trinajstić information content (AvgIpc) is 3.04. The van der Waals surface area contributed by atoms with E-state index >= 15 is 0 Å². The standard InChI is InChI=1S/C29H54/c1-3-5-7-9-11-17-23-29(24-18-12-10-8-6-4-2)27-21-15-13-19-25(27)26-20-14-16-22-28(26)29/h25-28H,3-24H2,1-2H3. The van der Waals surface area contributed by atoms with Crippen LogP contribution in [0.3, 0.4) is 0 Å². The fourth-order valence-electron chi connectivity index (χ4n) is 8.38. The highest BCUT2D eigenvalue weighted by Gasteiger charge is 2.58. The molecule has 0 heterocycles. The fourth-order valence-corrected chi connectivity index (χ4v) is 8.38. The minimum Gasteiger partial charge on any atom is -0.0654 e. The first-order chi connectivity index (χ1) is 14.3. The molecule has 0 aromatic heterocycles. The summed E-state index contributed by atoms with van der Waals surface area (Å²) in [5.74, 6) is 4.51. The van der Waals surface area contributed by atoms with Crippen LogP contribution >= 0.6 is 0 Å². The third-order valence-corrected chi connectivity index (χ3v) is 9.66.